The van der Waals surface area contributed by atoms with E-state index < -0.39 is 15.7 Å². The summed E-state index contributed by atoms with van der Waals surface area (Å²) >= 11 is 3.45. The maximum absolute atomic E-state index is 12.2. The first-order chi connectivity index (χ1) is 6.81. The third kappa shape index (κ3) is 2.41. The Labute approximate surface area is 98.4 Å². The molecular formula is C11H17BrO3. The number of carboxylic acids is 1. The van der Waals surface area contributed by atoms with Crippen molar-refractivity contribution in [3.05, 3.63) is 0 Å². The highest BCUT2D eigenvalue weighted by Crippen LogP contribution is 2.41. The van der Waals surface area contributed by atoms with Crippen LogP contribution in [0.25, 0.3) is 0 Å². The Hall–Kier alpha value is -0.380. The summed E-state index contributed by atoms with van der Waals surface area (Å²) in [6, 6.07) is 0. The lowest BCUT2D eigenvalue weighted by Crippen LogP contribution is -2.46. The monoisotopic (exact) mass is 276 g/mol. The number of carbonyl (C=O) groups excluding carboxylic acids is 1. The first kappa shape index (κ1) is 12.7. The van der Waals surface area contributed by atoms with Crippen molar-refractivity contribution in [1.82, 2.24) is 0 Å². The zero-order valence-electron chi connectivity index (χ0n) is 9.18. The molecule has 1 saturated carbocycles. The average Bonchev–Trinajstić information content (AvgIpc) is 2.17. The number of hydrogen-bond donors (Lipinski definition) is 1. The molecule has 3 nitrogen and oxygen atoms in total. The van der Waals surface area contributed by atoms with Crippen molar-refractivity contribution in [2.45, 2.75) is 50.3 Å². The number of rotatable bonds is 3. The van der Waals surface area contributed by atoms with Gasteiger partial charge in [-0.05, 0) is 26.7 Å². The van der Waals surface area contributed by atoms with E-state index in [1.807, 2.05) is 0 Å². The van der Waals surface area contributed by atoms with Gasteiger partial charge in [0, 0.05) is 0 Å². The maximum atomic E-state index is 12.2. The Morgan fingerprint density at radius 3 is 2.07 bits per heavy atom. The highest BCUT2D eigenvalue weighted by atomic mass is 79.9. The smallest absolute Gasteiger partial charge is 0.316 e. The van der Waals surface area contributed by atoms with Crippen LogP contribution in [-0.2, 0) is 9.59 Å². The van der Waals surface area contributed by atoms with Crippen LogP contribution in [0.15, 0.2) is 0 Å². The van der Waals surface area contributed by atoms with Crippen LogP contribution in [0.2, 0.25) is 0 Å². The lowest BCUT2D eigenvalue weighted by Gasteiger charge is -2.34. The maximum Gasteiger partial charge on any atom is 0.316 e. The zero-order chi connectivity index (χ0) is 11.7. The molecule has 1 aliphatic carbocycles. The van der Waals surface area contributed by atoms with Gasteiger partial charge in [-0.2, -0.15) is 0 Å². The Morgan fingerprint density at radius 2 is 1.67 bits per heavy atom. The quantitative estimate of drug-likeness (QED) is 0.637. The third-order valence-electron chi connectivity index (χ3n) is 3.16. The lowest BCUT2D eigenvalue weighted by atomic mass is 9.75. The molecule has 0 atom stereocenters. The Kier molecular flexibility index (Phi) is 3.59. The Balaban J connectivity index is 2.87. The Morgan fingerprint density at radius 1 is 1.20 bits per heavy atom. The van der Waals surface area contributed by atoms with Gasteiger partial charge in [0.05, 0.1) is 4.32 Å². The van der Waals surface area contributed by atoms with E-state index >= 15 is 0 Å². The molecule has 0 spiro atoms. The largest absolute Gasteiger partial charge is 0.481 e. The average molecular weight is 277 g/mol. The normalized spacial score (nSPS) is 21.0. The van der Waals surface area contributed by atoms with Crippen LogP contribution < -0.4 is 0 Å². The number of carbonyl (C=O) groups is 2. The molecule has 15 heavy (non-hydrogen) atoms. The summed E-state index contributed by atoms with van der Waals surface area (Å²) in [4.78, 5) is 23.2. The van der Waals surface area contributed by atoms with Crippen LogP contribution in [0.5, 0.6) is 0 Å². The van der Waals surface area contributed by atoms with Crippen LogP contribution in [0.1, 0.15) is 46.0 Å². The predicted molar refractivity (Wildman–Crippen MR) is 61.2 cm³/mol. The molecule has 0 aromatic heterocycles. The van der Waals surface area contributed by atoms with E-state index in [1.165, 1.54) is 13.8 Å². The second-order valence-corrected chi connectivity index (χ2v) is 6.30. The summed E-state index contributed by atoms with van der Waals surface area (Å²) in [6.45, 7) is 2.96. The van der Waals surface area contributed by atoms with E-state index in [-0.39, 0.29) is 5.78 Å². The van der Waals surface area contributed by atoms with Gasteiger partial charge in [0.2, 0.25) is 0 Å². The minimum atomic E-state index is -1.29. The molecule has 0 bridgehead atoms. The molecule has 1 fully saturated rings. The minimum absolute atomic E-state index is 0.192. The number of alkyl halides is 1. The molecular weight excluding hydrogens is 260 g/mol. The molecule has 0 aromatic carbocycles. The second-order valence-electron chi connectivity index (χ2n) is 4.79. The van der Waals surface area contributed by atoms with Crippen LogP contribution in [0.3, 0.4) is 0 Å². The molecule has 1 N–H and O–H groups in total. The van der Waals surface area contributed by atoms with E-state index in [0.717, 1.165) is 32.1 Å². The molecule has 1 rings (SSSR count). The molecule has 0 saturated heterocycles. The fraction of sp³-hybridized carbons (Fsp3) is 0.818. The SMILES string of the molecule is CC(C)(C(=O)O)C(=O)C1(Br)CCCCC1. The first-order valence-electron chi connectivity index (χ1n) is 5.28. The summed E-state index contributed by atoms with van der Waals surface area (Å²) in [5.41, 5.74) is -1.29. The van der Waals surface area contributed by atoms with E-state index in [2.05, 4.69) is 15.9 Å². The summed E-state index contributed by atoms with van der Waals surface area (Å²) in [5.74, 6) is -1.24. The summed E-state index contributed by atoms with van der Waals surface area (Å²) < 4.78 is -0.604. The van der Waals surface area contributed by atoms with Gasteiger partial charge < -0.3 is 5.11 Å². The molecule has 86 valence electrons. The van der Waals surface area contributed by atoms with Gasteiger partial charge in [0.15, 0.2) is 5.78 Å². The predicted octanol–water partition coefficient (Wildman–Crippen LogP) is 2.76. The van der Waals surface area contributed by atoms with E-state index in [0.29, 0.717) is 0 Å². The highest BCUT2D eigenvalue weighted by Gasteiger charge is 2.48. The van der Waals surface area contributed by atoms with Crippen LogP contribution in [0, 0.1) is 5.41 Å². The van der Waals surface area contributed by atoms with E-state index in [4.69, 9.17) is 5.11 Å². The number of Topliss-reactive ketones (excluding diaryl/α,β-unsaturated/α-hetero) is 1. The molecule has 4 heteroatoms. The molecule has 1 aliphatic rings. The fourth-order valence-corrected chi connectivity index (χ4v) is 3.05. The highest BCUT2D eigenvalue weighted by molar-refractivity contribution is 9.10. The molecule has 0 aliphatic heterocycles. The number of carboxylic acid groups (broad SMARTS) is 1. The topological polar surface area (TPSA) is 54.4 Å². The van der Waals surface area contributed by atoms with Gasteiger partial charge in [0.25, 0.3) is 0 Å². The van der Waals surface area contributed by atoms with Crippen molar-refractivity contribution in [2.24, 2.45) is 5.41 Å². The molecule has 0 radical (unpaired) electrons. The standard InChI is InChI=1S/C11H17BrO3/c1-10(2,9(14)15)8(13)11(12)6-4-3-5-7-11/h3-7H2,1-2H3,(H,14,15). The molecule has 0 aromatic rings. The number of hydrogen-bond acceptors (Lipinski definition) is 2. The van der Waals surface area contributed by atoms with E-state index in [1.54, 1.807) is 0 Å². The van der Waals surface area contributed by atoms with Crippen molar-refractivity contribution in [3.8, 4) is 0 Å². The van der Waals surface area contributed by atoms with Gasteiger partial charge >= 0.3 is 5.97 Å². The van der Waals surface area contributed by atoms with Crippen LogP contribution >= 0.6 is 15.9 Å². The summed E-state index contributed by atoms with van der Waals surface area (Å²) in [7, 11) is 0. The van der Waals surface area contributed by atoms with Crippen molar-refractivity contribution < 1.29 is 14.7 Å². The van der Waals surface area contributed by atoms with Crippen molar-refractivity contribution in [1.29, 1.82) is 0 Å². The van der Waals surface area contributed by atoms with Crippen LogP contribution in [-0.4, -0.2) is 21.2 Å². The van der Waals surface area contributed by atoms with Crippen LogP contribution in [0.4, 0.5) is 0 Å². The second kappa shape index (κ2) is 4.24. The van der Waals surface area contributed by atoms with Crippen molar-refractivity contribution in [3.63, 3.8) is 0 Å². The summed E-state index contributed by atoms with van der Waals surface area (Å²) in [5, 5.41) is 9.02. The molecule has 0 heterocycles. The minimum Gasteiger partial charge on any atom is -0.481 e. The first-order valence-corrected chi connectivity index (χ1v) is 6.07. The molecule has 0 amide bonds. The zero-order valence-corrected chi connectivity index (χ0v) is 10.8. The van der Waals surface area contributed by atoms with Gasteiger partial charge in [0.1, 0.15) is 5.41 Å². The van der Waals surface area contributed by atoms with Crippen molar-refractivity contribution in [2.75, 3.05) is 0 Å². The van der Waals surface area contributed by atoms with Gasteiger partial charge in [-0.25, -0.2) is 0 Å². The Bertz CT molecular complexity index is 278. The van der Waals surface area contributed by atoms with Gasteiger partial charge in [-0.15, -0.1) is 0 Å². The van der Waals surface area contributed by atoms with Gasteiger partial charge in [-0.3, -0.25) is 9.59 Å². The number of aliphatic carboxylic acids is 1. The molecule has 0 unspecified atom stereocenters. The number of halogens is 1. The third-order valence-corrected chi connectivity index (χ3v) is 4.31. The fourth-order valence-electron chi connectivity index (χ4n) is 2.00. The van der Waals surface area contributed by atoms with Crippen molar-refractivity contribution >= 4 is 27.7 Å². The number of ketones is 1. The van der Waals surface area contributed by atoms with E-state index in [9.17, 15) is 9.59 Å². The van der Waals surface area contributed by atoms with Gasteiger partial charge in [-0.1, -0.05) is 35.2 Å². The summed E-state index contributed by atoms with van der Waals surface area (Å²) in [6.07, 6.45) is 4.62. The lowest BCUT2D eigenvalue weighted by molar-refractivity contribution is -0.153.